The van der Waals surface area contributed by atoms with Gasteiger partial charge in [-0.1, -0.05) is 60.7 Å². The van der Waals surface area contributed by atoms with Crippen LogP contribution in [-0.4, -0.2) is 37.7 Å². The summed E-state index contributed by atoms with van der Waals surface area (Å²) in [6, 6.07) is 32.4. The van der Waals surface area contributed by atoms with Gasteiger partial charge in [0, 0.05) is 25.0 Å². The molecule has 4 aromatic heterocycles. The number of H-pyrrole nitrogens is 1. The largest absolute Gasteiger partial charge is 0.344 e. The zero-order valence-corrected chi connectivity index (χ0v) is 21.0. The summed E-state index contributed by atoms with van der Waals surface area (Å²) in [5.41, 5.74) is 9.19. The van der Waals surface area contributed by atoms with Gasteiger partial charge in [0.1, 0.15) is 11.5 Å². The summed E-state index contributed by atoms with van der Waals surface area (Å²) in [7, 11) is 6.55. The smallest absolute Gasteiger partial charge is 0.183 e. The van der Waals surface area contributed by atoms with Crippen molar-refractivity contribution in [2.75, 3.05) is 0 Å². The molecule has 0 aliphatic carbocycles. The fourth-order valence-corrected chi connectivity index (χ4v) is 4.66. The van der Waals surface area contributed by atoms with Crippen molar-refractivity contribution in [3.05, 3.63) is 120 Å². The summed E-state index contributed by atoms with van der Waals surface area (Å²) in [4.78, 5) is 24.2. The molecule has 0 bridgehead atoms. The minimum atomic E-state index is 0.428. The Morgan fingerprint density at radius 2 is 1.55 bits per heavy atom. The molecule has 182 valence electrons. The van der Waals surface area contributed by atoms with Crippen molar-refractivity contribution in [3.63, 3.8) is 0 Å². The minimum Gasteiger partial charge on any atom is -0.344 e. The molecule has 0 saturated carbocycles. The maximum atomic E-state index is 6.55. The van der Waals surface area contributed by atoms with Crippen LogP contribution in [0.4, 0.5) is 0 Å². The van der Waals surface area contributed by atoms with Gasteiger partial charge < -0.3 is 9.79 Å². The quantitative estimate of drug-likeness (QED) is 0.271. The van der Waals surface area contributed by atoms with Crippen molar-refractivity contribution < 1.29 is 0 Å². The van der Waals surface area contributed by atoms with E-state index in [-0.39, 0.29) is 0 Å². The molecule has 0 unspecified atom stereocenters. The number of nitrogens with zero attached hydrogens (tertiary/aromatic N) is 5. The molecule has 6 aromatic rings. The summed E-state index contributed by atoms with van der Waals surface area (Å²) >= 11 is 0. The van der Waals surface area contributed by atoms with Crippen LogP contribution in [0.3, 0.4) is 0 Å². The van der Waals surface area contributed by atoms with Crippen LogP contribution in [0.5, 0.6) is 0 Å². The van der Waals surface area contributed by atoms with Crippen molar-refractivity contribution >= 4 is 19.0 Å². The molecule has 7 heteroatoms. The molecule has 6 rings (SSSR count). The number of nitrogens with one attached hydrogen (secondary N) is 1. The topological polar surface area (TPSA) is 70.6 Å². The molecule has 0 atom stereocenters. The van der Waals surface area contributed by atoms with Gasteiger partial charge >= 0.3 is 0 Å². The molecule has 0 amide bonds. The molecule has 6 nitrogen and oxygen atoms in total. The zero-order valence-electron chi connectivity index (χ0n) is 21.0. The minimum absolute atomic E-state index is 0.428. The molecule has 1 N–H and O–H groups in total. The van der Waals surface area contributed by atoms with E-state index in [1.807, 2.05) is 61.5 Å². The molecule has 2 radical (unpaired) electrons. The van der Waals surface area contributed by atoms with Gasteiger partial charge in [0.15, 0.2) is 7.98 Å². The zero-order chi connectivity index (χ0) is 25.9. The van der Waals surface area contributed by atoms with E-state index < -0.39 is 0 Å². The lowest BCUT2D eigenvalue weighted by Crippen LogP contribution is -2.20. The highest BCUT2D eigenvalue weighted by atomic mass is 15.1. The number of aromatic amines is 1. The Morgan fingerprint density at radius 3 is 2.42 bits per heavy atom. The van der Waals surface area contributed by atoms with Crippen LogP contribution < -0.4 is 0 Å². The van der Waals surface area contributed by atoms with E-state index in [1.165, 1.54) is 11.1 Å². The van der Waals surface area contributed by atoms with Crippen LogP contribution in [0, 0.1) is 6.92 Å². The lowest BCUT2D eigenvalue weighted by atomic mass is 9.99. The Hall–Kier alpha value is -4.62. The third kappa shape index (κ3) is 4.97. The average Bonchev–Trinajstić information content (AvgIpc) is 3.37. The maximum absolute atomic E-state index is 6.55. The predicted octanol–water partition coefficient (Wildman–Crippen LogP) is 6.14. The van der Waals surface area contributed by atoms with Gasteiger partial charge in [0.05, 0.1) is 28.1 Å². The summed E-state index contributed by atoms with van der Waals surface area (Å²) in [6.07, 6.45) is 1.77. The van der Waals surface area contributed by atoms with E-state index in [0.717, 1.165) is 50.9 Å². The first-order chi connectivity index (χ1) is 18.6. The van der Waals surface area contributed by atoms with Gasteiger partial charge in [0.25, 0.3) is 0 Å². The number of imidazole rings is 1. The second kappa shape index (κ2) is 10.4. The maximum Gasteiger partial charge on any atom is 0.183 e. The van der Waals surface area contributed by atoms with Crippen LogP contribution in [0.25, 0.3) is 44.9 Å². The van der Waals surface area contributed by atoms with Crippen molar-refractivity contribution in [3.8, 4) is 33.9 Å². The van der Waals surface area contributed by atoms with Crippen LogP contribution in [0.15, 0.2) is 103 Å². The fourth-order valence-electron chi connectivity index (χ4n) is 4.66. The van der Waals surface area contributed by atoms with Crippen LogP contribution in [0.1, 0.15) is 17.1 Å². The van der Waals surface area contributed by atoms with E-state index >= 15 is 0 Å². The first-order valence-electron chi connectivity index (χ1n) is 12.5. The first-order valence-corrected chi connectivity index (χ1v) is 12.5. The first kappa shape index (κ1) is 23.8. The molecule has 2 aromatic carbocycles. The number of pyridine rings is 3. The number of fused-ring (bicyclic) bond motifs is 1. The SMILES string of the molecule is [B]N(Cc1nc(-c2cccc(C)n2)c(-c2ccc3ncccc3n2)[nH]1)Cc1ccccc1-c1ccccc1. The molecule has 0 aliphatic rings. The second-order valence-corrected chi connectivity index (χ2v) is 9.24. The molecule has 0 saturated heterocycles. The van der Waals surface area contributed by atoms with E-state index in [0.29, 0.717) is 13.1 Å². The second-order valence-electron chi connectivity index (χ2n) is 9.24. The van der Waals surface area contributed by atoms with Gasteiger partial charge in [-0.15, -0.1) is 0 Å². The van der Waals surface area contributed by atoms with Crippen molar-refractivity contribution in [2.24, 2.45) is 0 Å². The Kier molecular flexibility index (Phi) is 6.50. The number of hydrogen-bond acceptors (Lipinski definition) is 5. The van der Waals surface area contributed by atoms with Crippen molar-refractivity contribution in [1.29, 1.82) is 0 Å². The molecule has 0 spiro atoms. The van der Waals surface area contributed by atoms with E-state index in [2.05, 4.69) is 52.4 Å². The monoisotopic (exact) mass is 492 g/mol. The third-order valence-corrected chi connectivity index (χ3v) is 6.42. The van der Waals surface area contributed by atoms with Crippen molar-refractivity contribution in [2.45, 2.75) is 20.0 Å². The van der Waals surface area contributed by atoms with Gasteiger partial charge in [-0.3, -0.25) is 9.97 Å². The molecular weight excluding hydrogens is 467 g/mol. The summed E-state index contributed by atoms with van der Waals surface area (Å²) in [5, 5.41) is 0. The highest BCUT2D eigenvalue weighted by molar-refractivity contribution is 6.04. The Morgan fingerprint density at radius 1 is 0.711 bits per heavy atom. The van der Waals surface area contributed by atoms with E-state index in [1.54, 1.807) is 11.0 Å². The summed E-state index contributed by atoms with van der Waals surface area (Å²) in [6.45, 7) is 2.97. The predicted molar refractivity (Wildman–Crippen MR) is 152 cm³/mol. The molecule has 4 heterocycles. The summed E-state index contributed by atoms with van der Waals surface area (Å²) in [5.74, 6) is 0.742. The van der Waals surface area contributed by atoms with Gasteiger partial charge in [-0.05, 0) is 60.0 Å². The van der Waals surface area contributed by atoms with Gasteiger partial charge in [0.2, 0.25) is 0 Å². The average molecular weight is 492 g/mol. The highest BCUT2D eigenvalue weighted by Crippen LogP contribution is 2.30. The summed E-state index contributed by atoms with van der Waals surface area (Å²) < 4.78 is 0. The van der Waals surface area contributed by atoms with E-state index in [4.69, 9.17) is 22.9 Å². The molecule has 38 heavy (non-hydrogen) atoms. The standard InChI is InChI=1S/C31H25BN6/c1-21-9-7-14-27(34-21)30-31(28-17-16-25-26(35-28)15-8-18-33-25)37-29(36-30)20-38(32)19-23-12-5-6-13-24(23)22-10-3-2-4-11-22/h2-18H,19-20H2,1H3,(H,36,37). The number of hydrogen-bond donors (Lipinski definition) is 1. The molecular formula is C31H25BN6. The van der Waals surface area contributed by atoms with Gasteiger partial charge in [-0.2, -0.15) is 0 Å². The van der Waals surface area contributed by atoms with E-state index in [9.17, 15) is 0 Å². The third-order valence-electron chi connectivity index (χ3n) is 6.42. The molecule has 0 aliphatic heterocycles. The van der Waals surface area contributed by atoms with Crippen LogP contribution in [0.2, 0.25) is 0 Å². The number of benzene rings is 2. The normalized spacial score (nSPS) is 11.3. The number of aromatic nitrogens is 5. The number of aryl methyl sites for hydroxylation is 1. The fraction of sp³-hybridized carbons (Fsp3) is 0.0968. The van der Waals surface area contributed by atoms with Crippen molar-refractivity contribution in [1.82, 2.24) is 29.7 Å². The lowest BCUT2D eigenvalue weighted by Gasteiger charge is -2.18. The highest BCUT2D eigenvalue weighted by Gasteiger charge is 2.18. The number of rotatable bonds is 7. The Bertz CT molecular complexity index is 1710. The lowest BCUT2D eigenvalue weighted by molar-refractivity contribution is 0.433. The molecule has 0 fully saturated rings. The Labute approximate surface area is 222 Å². The van der Waals surface area contributed by atoms with Crippen LogP contribution >= 0.6 is 0 Å². The van der Waals surface area contributed by atoms with Gasteiger partial charge in [-0.25, -0.2) is 9.97 Å². The van der Waals surface area contributed by atoms with Crippen LogP contribution in [-0.2, 0) is 13.1 Å². The Balaban J connectivity index is 1.33.